The zero-order valence-corrected chi connectivity index (χ0v) is 13.2. The van der Waals surface area contributed by atoms with E-state index in [-0.39, 0.29) is 11.9 Å². The molecule has 0 aromatic carbocycles. The van der Waals surface area contributed by atoms with Gasteiger partial charge in [-0.25, -0.2) is 0 Å². The Hall–Kier alpha value is -1.10. The zero-order chi connectivity index (χ0) is 15.5. The highest BCUT2D eigenvalue weighted by Crippen LogP contribution is 2.05. The number of carboxylic acids is 1. The summed E-state index contributed by atoms with van der Waals surface area (Å²) in [6.07, 6.45) is 3.90. The summed E-state index contributed by atoms with van der Waals surface area (Å²) in [5.41, 5.74) is 0. The Morgan fingerprint density at radius 1 is 1.05 bits per heavy atom. The van der Waals surface area contributed by atoms with Gasteiger partial charge in [-0.2, -0.15) is 0 Å². The highest BCUT2D eigenvalue weighted by Gasteiger charge is 2.16. The fraction of sp³-hybridized carbons (Fsp3) is 0.867. The molecule has 5 heteroatoms. The molecule has 1 atom stereocenters. The van der Waals surface area contributed by atoms with Gasteiger partial charge in [0.1, 0.15) is 6.04 Å². The molecule has 0 unspecified atom stereocenters. The van der Waals surface area contributed by atoms with Gasteiger partial charge in [-0.3, -0.25) is 9.59 Å². The van der Waals surface area contributed by atoms with Crippen LogP contribution in [0.25, 0.3) is 0 Å². The van der Waals surface area contributed by atoms with Gasteiger partial charge in [0, 0.05) is 19.0 Å². The Kier molecular flexibility index (Phi) is 10.1. The number of nitrogens with one attached hydrogen (secondary N) is 2. The lowest BCUT2D eigenvalue weighted by Crippen LogP contribution is -2.40. The summed E-state index contributed by atoms with van der Waals surface area (Å²) >= 11 is 0. The Bertz CT molecular complexity index is 291. The molecule has 20 heavy (non-hydrogen) atoms. The van der Waals surface area contributed by atoms with Gasteiger partial charge in [0.05, 0.1) is 0 Å². The second-order valence-corrected chi connectivity index (χ2v) is 6.01. The highest BCUT2D eigenvalue weighted by atomic mass is 16.4. The van der Waals surface area contributed by atoms with Crippen molar-refractivity contribution >= 4 is 11.9 Å². The lowest BCUT2D eigenvalue weighted by atomic mass is 10.1. The summed E-state index contributed by atoms with van der Waals surface area (Å²) in [6.45, 7) is 8.61. The second-order valence-electron chi connectivity index (χ2n) is 6.01. The number of carbonyl (C=O) groups is 2. The molecule has 0 fully saturated rings. The van der Waals surface area contributed by atoms with Gasteiger partial charge in [-0.05, 0) is 18.8 Å². The van der Waals surface area contributed by atoms with Crippen molar-refractivity contribution in [3.05, 3.63) is 0 Å². The van der Waals surface area contributed by atoms with Gasteiger partial charge in [-0.15, -0.1) is 0 Å². The minimum absolute atomic E-state index is 0.102. The van der Waals surface area contributed by atoms with Crippen molar-refractivity contribution in [3.8, 4) is 0 Å². The molecule has 0 spiro atoms. The molecule has 0 radical (unpaired) electrons. The van der Waals surface area contributed by atoms with Crippen LogP contribution in [0.1, 0.15) is 59.8 Å². The van der Waals surface area contributed by atoms with Crippen molar-refractivity contribution < 1.29 is 14.7 Å². The van der Waals surface area contributed by atoms with Crippen LogP contribution in [0.15, 0.2) is 0 Å². The standard InChI is InChI=1S/C15H30N2O3/c1-11(2)10-14(18)16-9-7-5-6-8-13(15(19)20)17-12(3)4/h11-13,17H,5-10H2,1-4H3,(H,16,18)(H,19,20)/t13-/m0/s1. The van der Waals surface area contributed by atoms with E-state index in [4.69, 9.17) is 5.11 Å². The maximum Gasteiger partial charge on any atom is 0.320 e. The number of rotatable bonds is 11. The fourth-order valence-electron chi connectivity index (χ4n) is 2.00. The van der Waals surface area contributed by atoms with E-state index < -0.39 is 12.0 Å². The predicted molar refractivity (Wildman–Crippen MR) is 80.6 cm³/mol. The third-order valence-corrected chi connectivity index (χ3v) is 2.92. The maximum atomic E-state index is 11.4. The number of hydrogen-bond acceptors (Lipinski definition) is 3. The molecule has 0 aromatic rings. The minimum atomic E-state index is -0.788. The number of amides is 1. The van der Waals surface area contributed by atoms with Gasteiger partial charge in [0.15, 0.2) is 0 Å². The van der Waals surface area contributed by atoms with Gasteiger partial charge in [0.2, 0.25) is 5.91 Å². The quantitative estimate of drug-likeness (QED) is 0.509. The number of unbranched alkanes of at least 4 members (excludes halogenated alkanes) is 2. The van der Waals surface area contributed by atoms with Crippen molar-refractivity contribution in [2.45, 2.75) is 71.9 Å². The van der Waals surface area contributed by atoms with Crippen LogP contribution in [0, 0.1) is 5.92 Å². The van der Waals surface area contributed by atoms with E-state index in [0.717, 1.165) is 19.3 Å². The maximum absolute atomic E-state index is 11.4. The summed E-state index contributed by atoms with van der Waals surface area (Å²) in [7, 11) is 0. The average Bonchev–Trinajstić information content (AvgIpc) is 2.30. The molecule has 0 aromatic heterocycles. The van der Waals surface area contributed by atoms with E-state index in [1.807, 2.05) is 27.7 Å². The Morgan fingerprint density at radius 3 is 2.20 bits per heavy atom. The number of aliphatic carboxylic acids is 1. The molecule has 0 aliphatic carbocycles. The monoisotopic (exact) mass is 286 g/mol. The van der Waals surface area contributed by atoms with Crippen LogP contribution in [0.5, 0.6) is 0 Å². The fourth-order valence-corrected chi connectivity index (χ4v) is 2.00. The summed E-state index contributed by atoms with van der Waals surface area (Å²) in [4.78, 5) is 22.4. The van der Waals surface area contributed by atoms with E-state index in [1.165, 1.54) is 0 Å². The Balaban J connectivity index is 3.64. The third kappa shape index (κ3) is 10.8. The molecule has 3 N–H and O–H groups in total. The molecule has 0 saturated heterocycles. The van der Waals surface area contributed by atoms with Crippen LogP contribution in [0.4, 0.5) is 0 Å². The van der Waals surface area contributed by atoms with Crippen molar-refractivity contribution in [2.24, 2.45) is 5.92 Å². The van der Waals surface area contributed by atoms with Crippen molar-refractivity contribution in [1.82, 2.24) is 10.6 Å². The first-order valence-electron chi connectivity index (χ1n) is 7.58. The largest absolute Gasteiger partial charge is 0.480 e. The number of carbonyl (C=O) groups excluding carboxylic acids is 1. The number of hydrogen-bond donors (Lipinski definition) is 3. The lowest BCUT2D eigenvalue weighted by molar-refractivity contribution is -0.139. The summed E-state index contributed by atoms with van der Waals surface area (Å²) < 4.78 is 0. The highest BCUT2D eigenvalue weighted by molar-refractivity contribution is 5.76. The van der Waals surface area contributed by atoms with Gasteiger partial charge in [0.25, 0.3) is 0 Å². The number of carboxylic acid groups (broad SMARTS) is 1. The minimum Gasteiger partial charge on any atom is -0.480 e. The van der Waals surface area contributed by atoms with Crippen molar-refractivity contribution in [2.75, 3.05) is 6.54 Å². The molecule has 5 nitrogen and oxygen atoms in total. The van der Waals surface area contributed by atoms with Crippen LogP contribution >= 0.6 is 0 Å². The second kappa shape index (κ2) is 10.7. The first-order chi connectivity index (χ1) is 9.32. The normalized spacial score (nSPS) is 12.7. The first-order valence-corrected chi connectivity index (χ1v) is 7.58. The molecular formula is C15H30N2O3. The Labute approximate surface area is 122 Å². The van der Waals surface area contributed by atoms with Gasteiger partial charge >= 0.3 is 5.97 Å². The van der Waals surface area contributed by atoms with E-state index in [9.17, 15) is 9.59 Å². The van der Waals surface area contributed by atoms with E-state index in [0.29, 0.717) is 25.3 Å². The lowest BCUT2D eigenvalue weighted by Gasteiger charge is -2.17. The smallest absolute Gasteiger partial charge is 0.320 e. The van der Waals surface area contributed by atoms with E-state index in [2.05, 4.69) is 10.6 Å². The van der Waals surface area contributed by atoms with Crippen LogP contribution in [0.2, 0.25) is 0 Å². The van der Waals surface area contributed by atoms with Crippen LogP contribution < -0.4 is 10.6 Å². The van der Waals surface area contributed by atoms with Crippen molar-refractivity contribution in [3.63, 3.8) is 0 Å². The molecule has 1 amide bonds. The van der Waals surface area contributed by atoms with Gasteiger partial charge in [-0.1, -0.05) is 40.5 Å². The van der Waals surface area contributed by atoms with E-state index in [1.54, 1.807) is 0 Å². The Morgan fingerprint density at radius 2 is 1.70 bits per heavy atom. The first kappa shape index (κ1) is 18.9. The van der Waals surface area contributed by atoms with E-state index >= 15 is 0 Å². The van der Waals surface area contributed by atoms with Crippen molar-refractivity contribution in [1.29, 1.82) is 0 Å². The predicted octanol–water partition coefficient (Wildman–Crippen LogP) is 2.16. The molecule has 0 bridgehead atoms. The molecule has 0 aliphatic heterocycles. The van der Waals surface area contributed by atoms with Gasteiger partial charge < -0.3 is 15.7 Å². The molecule has 118 valence electrons. The topological polar surface area (TPSA) is 78.4 Å². The van der Waals surface area contributed by atoms with Crippen LogP contribution in [0.3, 0.4) is 0 Å². The van der Waals surface area contributed by atoms with Crippen LogP contribution in [-0.4, -0.2) is 35.6 Å². The molecule has 0 aliphatic rings. The molecule has 0 saturated carbocycles. The summed E-state index contributed by atoms with van der Waals surface area (Å²) in [5.74, 6) is -0.303. The summed E-state index contributed by atoms with van der Waals surface area (Å²) in [6, 6.07) is -0.294. The SMILES string of the molecule is CC(C)CC(=O)NCCCCC[C@H](NC(C)C)C(=O)O. The molecule has 0 rings (SSSR count). The summed E-state index contributed by atoms with van der Waals surface area (Å²) in [5, 5.41) is 15.0. The van der Waals surface area contributed by atoms with Crippen LogP contribution in [-0.2, 0) is 9.59 Å². The molecule has 0 heterocycles. The molecular weight excluding hydrogens is 256 g/mol. The third-order valence-electron chi connectivity index (χ3n) is 2.92. The zero-order valence-electron chi connectivity index (χ0n) is 13.2. The average molecular weight is 286 g/mol.